The number of thiophene rings is 2. The van der Waals surface area contributed by atoms with Crippen molar-refractivity contribution < 1.29 is 67.2 Å². The van der Waals surface area contributed by atoms with E-state index in [1.165, 1.54) is 4.91 Å². The minimum Gasteiger partial charge on any atom is -0.201 e. The molecule has 0 bridgehead atoms. The molecule has 0 N–H and O–H groups in total. The van der Waals surface area contributed by atoms with Crippen LogP contribution in [0.3, 0.4) is 0 Å². The van der Waals surface area contributed by atoms with E-state index in [0.717, 1.165) is 74.5 Å². The predicted octanol–water partition coefficient (Wildman–Crippen LogP) is 17.2. The van der Waals surface area contributed by atoms with Crippen molar-refractivity contribution in [2.75, 3.05) is 0 Å². The summed E-state index contributed by atoms with van der Waals surface area (Å²) in [6.07, 6.45) is 4.89. The molecule has 64 heavy (non-hydrogen) atoms. The van der Waals surface area contributed by atoms with Gasteiger partial charge in [-0.15, -0.1) is 46.2 Å². The van der Waals surface area contributed by atoms with Crippen LogP contribution in [0.4, 0.5) is 17.6 Å². The number of hydrogen-bond donors (Lipinski definition) is 0. The van der Waals surface area contributed by atoms with Gasteiger partial charge in [-0.3, -0.25) is 0 Å². The molecule has 1 radical (unpaired) electrons. The van der Waals surface area contributed by atoms with Gasteiger partial charge in [0.05, 0.1) is 9.49 Å². The van der Waals surface area contributed by atoms with Crippen molar-refractivity contribution in [3.05, 3.63) is 200 Å². The number of alkyl halides is 4. The van der Waals surface area contributed by atoms with Crippen molar-refractivity contribution in [2.24, 2.45) is 0 Å². The van der Waals surface area contributed by atoms with Crippen LogP contribution in [0.15, 0.2) is 168 Å². The van der Waals surface area contributed by atoms with E-state index in [4.69, 9.17) is 0 Å². The Morgan fingerprint density at radius 3 is 1.33 bits per heavy atom. The molecule has 1 fully saturated rings. The summed E-state index contributed by atoms with van der Waals surface area (Å²) in [5.41, 5.74) is 10.3. The van der Waals surface area contributed by atoms with Crippen LogP contribution in [-0.4, -0.2) is 21.3 Å². The molecule has 11 rings (SSSR count). The molecule has 5 aliphatic rings. The second-order valence-electron chi connectivity index (χ2n) is 16.9. The molecule has 3 aliphatic carbocycles. The predicted molar refractivity (Wildman–Crippen MR) is 259 cm³/mol. The second-order valence-corrected chi connectivity index (χ2v) is 22.3. The Kier molecular flexibility index (Phi) is 13.6. The van der Waals surface area contributed by atoms with Gasteiger partial charge in [-0.05, 0) is 120 Å². The average Bonchev–Trinajstić information content (AvgIpc) is 4.13. The van der Waals surface area contributed by atoms with E-state index in [9.17, 15) is 0 Å². The number of aryl methyl sites for hydroxylation is 2. The molecule has 4 heterocycles. The number of benzene rings is 4. The molecule has 2 atom stereocenters. The van der Waals surface area contributed by atoms with Crippen molar-refractivity contribution in [3.63, 3.8) is 0 Å². The molecule has 4 aromatic carbocycles. The first-order valence-electron chi connectivity index (χ1n) is 21.0. The van der Waals surface area contributed by atoms with Crippen molar-refractivity contribution in [3.8, 4) is 20.9 Å². The van der Waals surface area contributed by atoms with E-state index in [2.05, 4.69) is 68.5 Å². The zero-order valence-corrected chi connectivity index (χ0v) is 44.6. The fourth-order valence-corrected chi connectivity index (χ4v) is 15.0. The fourth-order valence-electron chi connectivity index (χ4n) is 9.79. The quantitative estimate of drug-likeness (QED) is 0.152. The number of halogens is 4. The number of hydrogen-bond acceptors (Lipinski definition) is 4. The van der Waals surface area contributed by atoms with Gasteiger partial charge in [0.2, 0.25) is 0 Å². The number of thioether (sulfide) groups is 2. The van der Waals surface area contributed by atoms with Gasteiger partial charge in [-0.1, -0.05) is 121 Å². The molecule has 0 saturated heterocycles. The molecular formula is C54H44F4S4UV. The Morgan fingerprint density at radius 2 is 0.844 bits per heavy atom. The van der Waals surface area contributed by atoms with Gasteiger partial charge in [0, 0.05) is 103 Å². The Morgan fingerprint density at radius 1 is 0.469 bits per heavy atom. The zero-order valence-electron chi connectivity index (χ0n) is 35.8. The van der Waals surface area contributed by atoms with Crippen molar-refractivity contribution in [1.82, 2.24) is 0 Å². The fraction of sp³-hybridized carbons (Fsp3) is 0.222. The maximum Gasteiger partial charge on any atom is 0.274 e. The van der Waals surface area contributed by atoms with E-state index in [1.807, 2.05) is 117 Å². The number of fused-ring (bicyclic) bond motifs is 4. The van der Waals surface area contributed by atoms with Gasteiger partial charge < -0.3 is 0 Å². The van der Waals surface area contributed by atoms with Crippen LogP contribution in [0.25, 0.3) is 41.8 Å². The summed E-state index contributed by atoms with van der Waals surface area (Å²) in [7, 11) is 0. The standard InChI is InChI=1S/2C27H22F2S2.U.V/c1-25-20(15-22(30-25)17-9-5-3-6-10-17)19-13-14-27(28,29)24(19)21-16-23(31-26(21,25)2)18-11-7-4-8-12-18;1-17-22(15-24(30-17)19-9-5-3-6-10-19)21-13-14-27(28,29)26(21)23-16-25(31-18(23)2)20-11-7-4-8-12-20;;/h2*3-12,15-16H,13-14H2,1-2H3;;. The van der Waals surface area contributed by atoms with E-state index in [1.54, 1.807) is 34.4 Å². The average molecular weight is 1190 g/mol. The molecule has 1 saturated carbocycles. The molecule has 6 aromatic rings. The first-order chi connectivity index (χ1) is 29.8. The molecule has 0 nitrogen and oxygen atoms in total. The molecule has 2 aliphatic heterocycles. The van der Waals surface area contributed by atoms with E-state index in [0.29, 0.717) is 24.0 Å². The topological polar surface area (TPSA) is 0 Å². The van der Waals surface area contributed by atoms with E-state index >= 15 is 17.6 Å². The van der Waals surface area contributed by atoms with Crippen LogP contribution in [0.2, 0.25) is 0 Å². The molecule has 0 spiro atoms. The minimum absolute atomic E-state index is 0. The van der Waals surface area contributed by atoms with Crippen LogP contribution >= 0.6 is 46.2 Å². The second kappa shape index (κ2) is 18.3. The Hall–Kier alpha value is -2.96. The van der Waals surface area contributed by atoms with Crippen molar-refractivity contribution >= 4 is 67.2 Å². The SMILES string of the molecule is CC12SC(c3ccccc3)=CC1=C1CCC(F)(F)C1=C1C=C(c3ccccc3)SC12C.Cc1sc(-c2ccccc2)cc1C1=C(c2cc(-c3ccccc3)sc2C)C(F)(F)CC1.[U].[V]. The third-order valence-electron chi connectivity index (χ3n) is 13.1. The maximum atomic E-state index is 15.3. The molecule has 2 unspecified atom stereocenters. The van der Waals surface area contributed by atoms with E-state index < -0.39 is 16.6 Å². The number of allylic oxidation sites excluding steroid dienone is 6. The molecule has 2 aromatic heterocycles. The summed E-state index contributed by atoms with van der Waals surface area (Å²) >= 11 is 6.87. The van der Waals surface area contributed by atoms with Gasteiger partial charge in [0.1, 0.15) is 0 Å². The maximum absolute atomic E-state index is 15.3. The number of rotatable bonds is 6. The van der Waals surface area contributed by atoms with Crippen molar-refractivity contribution in [1.29, 1.82) is 0 Å². The summed E-state index contributed by atoms with van der Waals surface area (Å²) in [6, 6.07) is 44.7. The van der Waals surface area contributed by atoms with Crippen molar-refractivity contribution in [2.45, 2.75) is 74.7 Å². The molecule has 0 amide bonds. The third-order valence-corrected chi connectivity index (χ3v) is 18.6. The van der Waals surface area contributed by atoms with E-state index in [-0.39, 0.29) is 72.8 Å². The minimum atomic E-state index is -2.81. The van der Waals surface area contributed by atoms with Crippen LogP contribution in [0, 0.1) is 45.0 Å². The molecular weight excluding hydrogens is 1140 g/mol. The molecule has 321 valence electrons. The summed E-state index contributed by atoms with van der Waals surface area (Å²) < 4.78 is 60.2. The summed E-state index contributed by atoms with van der Waals surface area (Å²) in [5.74, 6) is -5.58. The zero-order chi connectivity index (χ0) is 43.0. The Bertz CT molecular complexity index is 2890. The Balaban J connectivity index is 0.000000170. The third kappa shape index (κ3) is 8.17. The summed E-state index contributed by atoms with van der Waals surface area (Å²) in [6.45, 7) is 8.44. The van der Waals surface area contributed by atoms with Crippen LogP contribution in [0.5, 0.6) is 0 Å². The van der Waals surface area contributed by atoms with Crippen LogP contribution < -0.4 is 0 Å². The van der Waals surface area contributed by atoms with Crippen LogP contribution in [-0.2, 0) is 18.6 Å². The molecule has 10 heteroatoms. The first-order valence-corrected chi connectivity index (χ1v) is 24.3. The normalized spacial score (nSPS) is 22.4. The van der Waals surface area contributed by atoms with Gasteiger partial charge in [0.25, 0.3) is 11.8 Å². The van der Waals surface area contributed by atoms with Gasteiger partial charge >= 0.3 is 0 Å². The first kappa shape index (κ1) is 47.5. The summed E-state index contributed by atoms with van der Waals surface area (Å²) in [5, 5.41) is 0. The van der Waals surface area contributed by atoms with Gasteiger partial charge in [0.15, 0.2) is 0 Å². The van der Waals surface area contributed by atoms with Crippen LogP contribution in [0.1, 0.15) is 71.5 Å². The van der Waals surface area contributed by atoms with Gasteiger partial charge in [-0.25, -0.2) is 17.6 Å². The Labute approximate surface area is 425 Å². The van der Waals surface area contributed by atoms with Gasteiger partial charge in [-0.2, -0.15) is 0 Å². The largest absolute Gasteiger partial charge is 0.274 e. The summed E-state index contributed by atoms with van der Waals surface area (Å²) in [4.78, 5) is 6.47. The monoisotopic (exact) mass is 1190 g/mol. The smallest absolute Gasteiger partial charge is 0.201 e.